The third-order valence-electron chi connectivity index (χ3n) is 5.12. The van der Waals surface area contributed by atoms with Crippen molar-refractivity contribution in [3.8, 4) is 11.5 Å². The van der Waals surface area contributed by atoms with Gasteiger partial charge in [0.25, 0.3) is 0 Å². The summed E-state index contributed by atoms with van der Waals surface area (Å²) in [5, 5.41) is 6.84. The first kappa shape index (κ1) is 26.8. The normalized spacial score (nSPS) is 16.5. The standard InChI is InChI=1S/C22H38N4O3.HI/c1-5-23-22(25-17-19-10-12-26(13-11-19)14-15-27-3)24-16-18(2)29-21-9-7-6-8-20(21)28-4;/h6-9,18-19H,5,10-17H2,1-4H3,(H2,23,24,25);1H. The highest BCUT2D eigenvalue weighted by Gasteiger charge is 2.19. The van der Waals surface area contributed by atoms with Crippen LogP contribution < -0.4 is 20.1 Å². The van der Waals surface area contributed by atoms with E-state index in [0.29, 0.717) is 12.5 Å². The topological polar surface area (TPSA) is 67.4 Å². The molecule has 0 radical (unpaired) electrons. The van der Waals surface area contributed by atoms with Crippen LogP contribution in [0.2, 0.25) is 0 Å². The summed E-state index contributed by atoms with van der Waals surface area (Å²) < 4.78 is 16.5. The molecular formula is C22H39IN4O3. The van der Waals surface area contributed by atoms with Crippen molar-refractivity contribution in [1.29, 1.82) is 0 Å². The molecule has 1 saturated heterocycles. The molecule has 0 saturated carbocycles. The zero-order valence-electron chi connectivity index (χ0n) is 18.9. The van der Waals surface area contributed by atoms with Gasteiger partial charge in [-0.3, -0.25) is 0 Å². The smallest absolute Gasteiger partial charge is 0.191 e. The lowest BCUT2D eigenvalue weighted by Crippen LogP contribution is -2.43. The van der Waals surface area contributed by atoms with E-state index in [4.69, 9.17) is 19.2 Å². The molecule has 30 heavy (non-hydrogen) atoms. The Bertz CT molecular complexity index is 610. The Balaban J connectivity index is 0.00000450. The second-order valence-corrected chi connectivity index (χ2v) is 7.46. The minimum atomic E-state index is -0.0502. The quantitative estimate of drug-likeness (QED) is 0.259. The maximum absolute atomic E-state index is 6.00. The number of guanidine groups is 1. The van der Waals surface area contributed by atoms with Crippen molar-refractivity contribution in [1.82, 2.24) is 15.5 Å². The number of benzene rings is 1. The number of likely N-dealkylation sites (tertiary alicyclic amines) is 1. The third-order valence-corrected chi connectivity index (χ3v) is 5.12. The number of aliphatic imine (C=N–C) groups is 1. The molecule has 8 heteroatoms. The van der Waals surface area contributed by atoms with Gasteiger partial charge in [0.1, 0.15) is 6.10 Å². The largest absolute Gasteiger partial charge is 0.493 e. The fourth-order valence-corrected chi connectivity index (χ4v) is 3.41. The van der Waals surface area contributed by atoms with Crippen LogP contribution >= 0.6 is 24.0 Å². The monoisotopic (exact) mass is 534 g/mol. The first-order chi connectivity index (χ1) is 14.2. The van der Waals surface area contributed by atoms with Crippen LogP contribution in [0.5, 0.6) is 11.5 Å². The van der Waals surface area contributed by atoms with Crippen LogP contribution in [0.1, 0.15) is 26.7 Å². The highest BCUT2D eigenvalue weighted by atomic mass is 127. The lowest BCUT2D eigenvalue weighted by molar-refractivity contribution is 0.121. The lowest BCUT2D eigenvalue weighted by atomic mass is 9.97. The fraction of sp³-hybridized carbons (Fsp3) is 0.682. The Morgan fingerprint density at radius 3 is 2.50 bits per heavy atom. The number of hydrogen-bond acceptors (Lipinski definition) is 5. The molecule has 0 aliphatic carbocycles. The molecule has 0 amide bonds. The minimum Gasteiger partial charge on any atom is -0.493 e. The molecule has 0 bridgehead atoms. The Kier molecular flexibility index (Phi) is 13.9. The molecule has 1 aliphatic rings. The number of methoxy groups -OCH3 is 2. The maximum atomic E-state index is 6.00. The summed E-state index contributed by atoms with van der Waals surface area (Å²) in [5.74, 6) is 3.02. The van der Waals surface area contributed by atoms with E-state index in [9.17, 15) is 0 Å². The van der Waals surface area contributed by atoms with Gasteiger partial charge in [0.05, 0.1) is 20.3 Å². The van der Waals surface area contributed by atoms with Crippen molar-refractivity contribution in [2.24, 2.45) is 10.9 Å². The molecular weight excluding hydrogens is 495 g/mol. The molecule has 2 N–H and O–H groups in total. The van der Waals surface area contributed by atoms with Crippen molar-refractivity contribution in [2.45, 2.75) is 32.8 Å². The van der Waals surface area contributed by atoms with Gasteiger partial charge in [0, 0.05) is 26.7 Å². The molecule has 2 rings (SSSR count). The van der Waals surface area contributed by atoms with Gasteiger partial charge in [-0.15, -0.1) is 24.0 Å². The van der Waals surface area contributed by atoms with Gasteiger partial charge < -0.3 is 29.7 Å². The summed E-state index contributed by atoms with van der Waals surface area (Å²) in [6, 6.07) is 7.70. The molecule has 1 unspecified atom stereocenters. The maximum Gasteiger partial charge on any atom is 0.191 e. The number of para-hydroxylation sites is 2. The second kappa shape index (κ2) is 15.5. The molecule has 0 aromatic heterocycles. The zero-order chi connectivity index (χ0) is 20.9. The minimum absolute atomic E-state index is 0. The van der Waals surface area contributed by atoms with Gasteiger partial charge >= 0.3 is 0 Å². The Morgan fingerprint density at radius 1 is 1.17 bits per heavy atom. The van der Waals surface area contributed by atoms with Crippen molar-refractivity contribution < 1.29 is 14.2 Å². The van der Waals surface area contributed by atoms with E-state index in [1.54, 1.807) is 14.2 Å². The van der Waals surface area contributed by atoms with Gasteiger partial charge in [0.2, 0.25) is 0 Å². The molecule has 1 fully saturated rings. The summed E-state index contributed by atoms with van der Waals surface area (Å²) in [5.41, 5.74) is 0. The molecule has 0 spiro atoms. The second-order valence-electron chi connectivity index (χ2n) is 7.46. The van der Waals surface area contributed by atoms with E-state index in [1.165, 1.54) is 12.8 Å². The van der Waals surface area contributed by atoms with Crippen molar-refractivity contribution in [2.75, 3.05) is 60.1 Å². The average molecular weight is 534 g/mol. The van der Waals surface area contributed by atoms with E-state index in [1.807, 2.05) is 31.2 Å². The first-order valence-electron chi connectivity index (χ1n) is 10.7. The van der Waals surface area contributed by atoms with Crippen LogP contribution in [0.15, 0.2) is 29.3 Å². The van der Waals surface area contributed by atoms with Crippen molar-refractivity contribution in [3.63, 3.8) is 0 Å². The summed E-state index contributed by atoms with van der Waals surface area (Å²) in [7, 11) is 3.42. The highest BCUT2D eigenvalue weighted by Crippen LogP contribution is 2.26. The van der Waals surface area contributed by atoms with Gasteiger partial charge in [-0.1, -0.05) is 12.1 Å². The number of nitrogens with zero attached hydrogens (tertiary/aromatic N) is 2. The van der Waals surface area contributed by atoms with Gasteiger partial charge in [0.15, 0.2) is 17.5 Å². The summed E-state index contributed by atoms with van der Waals surface area (Å²) in [4.78, 5) is 7.19. The van der Waals surface area contributed by atoms with E-state index >= 15 is 0 Å². The zero-order valence-corrected chi connectivity index (χ0v) is 21.2. The summed E-state index contributed by atoms with van der Waals surface area (Å²) in [6.45, 7) is 10.6. The van der Waals surface area contributed by atoms with E-state index in [0.717, 1.165) is 56.8 Å². The van der Waals surface area contributed by atoms with Crippen LogP contribution in [0.3, 0.4) is 0 Å². The van der Waals surface area contributed by atoms with E-state index in [-0.39, 0.29) is 30.1 Å². The molecule has 1 aliphatic heterocycles. The highest BCUT2D eigenvalue weighted by molar-refractivity contribution is 14.0. The number of halogens is 1. The predicted molar refractivity (Wildman–Crippen MR) is 134 cm³/mol. The third kappa shape index (κ3) is 9.70. The number of ether oxygens (including phenoxy) is 3. The molecule has 1 heterocycles. The Morgan fingerprint density at radius 2 is 1.87 bits per heavy atom. The van der Waals surface area contributed by atoms with Crippen LogP contribution in [0.25, 0.3) is 0 Å². The van der Waals surface area contributed by atoms with Crippen molar-refractivity contribution in [3.05, 3.63) is 24.3 Å². The number of hydrogen-bond donors (Lipinski definition) is 2. The molecule has 172 valence electrons. The van der Waals surface area contributed by atoms with Crippen LogP contribution in [-0.4, -0.2) is 77.1 Å². The molecule has 1 atom stereocenters. The number of rotatable bonds is 11. The first-order valence-corrected chi connectivity index (χ1v) is 10.7. The molecule has 7 nitrogen and oxygen atoms in total. The summed E-state index contributed by atoms with van der Waals surface area (Å²) >= 11 is 0. The number of piperidine rings is 1. The van der Waals surface area contributed by atoms with E-state index < -0.39 is 0 Å². The van der Waals surface area contributed by atoms with Crippen molar-refractivity contribution >= 4 is 29.9 Å². The van der Waals surface area contributed by atoms with Crippen LogP contribution in [0.4, 0.5) is 0 Å². The molecule has 1 aromatic carbocycles. The van der Waals surface area contributed by atoms with Gasteiger partial charge in [-0.25, -0.2) is 4.99 Å². The van der Waals surface area contributed by atoms with Crippen LogP contribution in [-0.2, 0) is 4.74 Å². The number of nitrogens with one attached hydrogen (secondary N) is 2. The predicted octanol–water partition coefficient (Wildman–Crippen LogP) is 2.99. The fourth-order valence-electron chi connectivity index (χ4n) is 3.41. The Labute approximate surface area is 199 Å². The van der Waals surface area contributed by atoms with Gasteiger partial charge in [-0.05, 0) is 57.8 Å². The summed E-state index contributed by atoms with van der Waals surface area (Å²) in [6.07, 6.45) is 2.37. The van der Waals surface area contributed by atoms with Gasteiger partial charge in [-0.2, -0.15) is 0 Å². The van der Waals surface area contributed by atoms with Crippen LogP contribution in [0, 0.1) is 5.92 Å². The average Bonchev–Trinajstić information content (AvgIpc) is 2.75. The SMILES string of the molecule is CCNC(=NCC(C)Oc1ccccc1OC)NCC1CCN(CCOC)CC1.I. The lowest BCUT2D eigenvalue weighted by Gasteiger charge is -2.32. The molecule has 1 aromatic rings. The Hall–Kier alpha value is -1.26. The van der Waals surface area contributed by atoms with E-state index in [2.05, 4.69) is 22.5 Å².